The van der Waals surface area contributed by atoms with Gasteiger partial charge in [0.2, 0.25) is 0 Å². The molecule has 0 aliphatic carbocycles. The van der Waals surface area contributed by atoms with Crippen LogP contribution in [0.2, 0.25) is 0 Å². The second-order valence-electron chi connectivity index (χ2n) is 3.42. The number of nitrogens with two attached hydrogens (primary N) is 1. The molecule has 1 amide bonds. The van der Waals surface area contributed by atoms with E-state index < -0.39 is 12.1 Å². The first-order valence-electron chi connectivity index (χ1n) is 5.26. The number of aromatic nitrogens is 1. The minimum Gasteiger partial charge on any atom is -0.465 e. The second kappa shape index (κ2) is 6.43. The lowest BCUT2D eigenvalue weighted by Gasteiger charge is -2.08. The van der Waals surface area contributed by atoms with Gasteiger partial charge in [-0.1, -0.05) is 0 Å². The summed E-state index contributed by atoms with van der Waals surface area (Å²) in [5, 5.41) is 2.93. The fourth-order valence-electron chi connectivity index (χ4n) is 1.32. The monoisotopic (exact) mass is 253 g/mol. The smallest absolute Gasteiger partial charge is 0.404 e. The highest BCUT2D eigenvalue weighted by Gasteiger charge is 2.10. The number of nitrogens with zero attached hydrogens (tertiary/aromatic N) is 1. The van der Waals surface area contributed by atoms with Crippen molar-refractivity contribution in [2.45, 2.75) is 6.92 Å². The number of nitrogens with one attached hydrogen (secondary N) is 1. The topological polar surface area (TPSA) is 104 Å². The van der Waals surface area contributed by atoms with E-state index in [9.17, 15) is 9.59 Å². The van der Waals surface area contributed by atoms with Gasteiger partial charge < -0.3 is 20.5 Å². The number of methoxy groups -OCH3 is 1. The largest absolute Gasteiger partial charge is 0.465 e. The van der Waals surface area contributed by atoms with E-state index in [1.54, 1.807) is 19.1 Å². The first kappa shape index (κ1) is 13.8. The first-order chi connectivity index (χ1) is 8.54. The van der Waals surface area contributed by atoms with Gasteiger partial charge in [0.1, 0.15) is 12.4 Å². The minimum atomic E-state index is -0.818. The van der Waals surface area contributed by atoms with Crippen molar-refractivity contribution in [3.05, 3.63) is 23.4 Å². The third kappa shape index (κ3) is 3.93. The molecule has 0 bridgehead atoms. The SMILES string of the molecule is COC(=O)c1ccc(NCCOC(N)=O)nc1C. The number of pyridine rings is 1. The zero-order valence-electron chi connectivity index (χ0n) is 10.2. The molecular weight excluding hydrogens is 238 g/mol. The summed E-state index contributed by atoms with van der Waals surface area (Å²) in [5.74, 6) is 0.150. The van der Waals surface area contributed by atoms with Crippen LogP contribution in [0.4, 0.5) is 10.6 Å². The van der Waals surface area contributed by atoms with Crippen molar-refractivity contribution in [2.24, 2.45) is 5.73 Å². The van der Waals surface area contributed by atoms with Crippen LogP contribution in [0.1, 0.15) is 16.1 Å². The second-order valence-corrected chi connectivity index (χ2v) is 3.42. The van der Waals surface area contributed by atoms with Crippen molar-refractivity contribution >= 4 is 17.9 Å². The predicted octanol–water partition coefficient (Wildman–Crippen LogP) is 0.684. The number of anilines is 1. The quantitative estimate of drug-likeness (QED) is 0.591. The number of primary amides is 1. The molecule has 1 rings (SSSR count). The van der Waals surface area contributed by atoms with Gasteiger partial charge in [-0.05, 0) is 19.1 Å². The maximum atomic E-state index is 11.3. The Labute approximate surface area is 104 Å². The number of carbonyl (C=O) groups is 2. The maximum absolute atomic E-state index is 11.3. The van der Waals surface area contributed by atoms with E-state index in [-0.39, 0.29) is 6.61 Å². The van der Waals surface area contributed by atoms with E-state index in [2.05, 4.69) is 19.8 Å². The van der Waals surface area contributed by atoms with Crippen molar-refractivity contribution in [1.82, 2.24) is 4.98 Å². The Morgan fingerprint density at radius 2 is 2.17 bits per heavy atom. The van der Waals surface area contributed by atoms with Crippen molar-refractivity contribution in [3.63, 3.8) is 0 Å². The third-order valence-electron chi connectivity index (χ3n) is 2.14. The van der Waals surface area contributed by atoms with E-state index >= 15 is 0 Å². The van der Waals surface area contributed by atoms with Gasteiger partial charge in [0, 0.05) is 0 Å². The molecule has 0 aromatic carbocycles. The molecule has 98 valence electrons. The highest BCUT2D eigenvalue weighted by atomic mass is 16.5. The number of amides is 1. The van der Waals surface area contributed by atoms with E-state index in [0.29, 0.717) is 23.6 Å². The Morgan fingerprint density at radius 3 is 2.72 bits per heavy atom. The summed E-state index contributed by atoms with van der Waals surface area (Å²) in [6.07, 6.45) is -0.818. The van der Waals surface area contributed by atoms with Crippen molar-refractivity contribution in [3.8, 4) is 0 Å². The summed E-state index contributed by atoms with van der Waals surface area (Å²) in [5.41, 5.74) is 5.78. The summed E-state index contributed by atoms with van der Waals surface area (Å²) < 4.78 is 9.16. The number of esters is 1. The standard InChI is InChI=1S/C11H15N3O4/c1-7-8(10(15)17-2)3-4-9(14-7)13-5-6-18-11(12)16/h3-4H,5-6H2,1-2H3,(H2,12,16)(H,13,14). The number of hydrogen-bond acceptors (Lipinski definition) is 6. The zero-order chi connectivity index (χ0) is 13.5. The molecule has 0 saturated carbocycles. The van der Waals surface area contributed by atoms with Crippen molar-refractivity contribution < 1.29 is 19.1 Å². The molecule has 1 aromatic rings. The molecule has 18 heavy (non-hydrogen) atoms. The van der Waals surface area contributed by atoms with Gasteiger partial charge >= 0.3 is 12.1 Å². The van der Waals surface area contributed by atoms with Crippen molar-refractivity contribution in [1.29, 1.82) is 0 Å². The molecule has 0 fully saturated rings. The molecule has 1 heterocycles. The Hall–Kier alpha value is -2.31. The Balaban J connectivity index is 2.56. The number of hydrogen-bond donors (Lipinski definition) is 2. The number of aryl methyl sites for hydroxylation is 1. The summed E-state index contributed by atoms with van der Waals surface area (Å²) in [7, 11) is 1.31. The molecule has 7 heteroatoms. The molecule has 0 aliphatic heterocycles. The molecule has 0 spiro atoms. The van der Waals surface area contributed by atoms with Crippen LogP contribution in [-0.2, 0) is 9.47 Å². The predicted molar refractivity (Wildman–Crippen MR) is 64.3 cm³/mol. The number of ether oxygens (including phenoxy) is 2. The van der Waals surface area contributed by atoms with E-state index in [4.69, 9.17) is 5.73 Å². The lowest BCUT2D eigenvalue weighted by molar-refractivity contribution is 0.0599. The molecule has 0 atom stereocenters. The lowest BCUT2D eigenvalue weighted by atomic mass is 10.2. The highest BCUT2D eigenvalue weighted by Crippen LogP contribution is 2.11. The van der Waals surface area contributed by atoms with E-state index in [1.807, 2.05) is 0 Å². The van der Waals surface area contributed by atoms with Crippen LogP contribution in [0.5, 0.6) is 0 Å². The zero-order valence-corrected chi connectivity index (χ0v) is 10.2. The fraction of sp³-hybridized carbons (Fsp3) is 0.364. The summed E-state index contributed by atoms with van der Waals surface area (Å²) >= 11 is 0. The number of rotatable bonds is 5. The Kier molecular flexibility index (Phi) is 4.91. The molecule has 0 radical (unpaired) electrons. The van der Waals surface area contributed by atoms with E-state index in [0.717, 1.165) is 0 Å². The molecule has 1 aromatic heterocycles. The fourth-order valence-corrected chi connectivity index (χ4v) is 1.32. The molecule has 7 nitrogen and oxygen atoms in total. The van der Waals surface area contributed by atoms with Gasteiger partial charge in [0.25, 0.3) is 0 Å². The molecular formula is C11H15N3O4. The maximum Gasteiger partial charge on any atom is 0.404 e. The van der Waals surface area contributed by atoms with Gasteiger partial charge in [-0.2, -0.15) is 0 Å². The average molecular weight is 253 g/mol. The molecule has 3 N–H and O–H groups in total. The van der Waals surface area contributed by atoms with Gasteiger partial charge in [-0.15, -0.1) is 0 Å². The van der Waals surface area contributed by atoms with Crippen LogP contribution in [0, 0.1) is 6.92 Å². The van der Waals surface area contributed by atoms with E-state index in [1.165, 1.54) is 7.11 Å². The molecule has 0 aliphatic rings. The lowest BCUT2D eigenvalue weighted by Crippen LogP contribution is -2.18. The normalized spacial score (nSPS) is 9.67. The Bertz CT molecular complexity index is 448. The van der Waals surface area contributed by atoms with Crippen LogP contribution in [-0.4, -0.2) is 37.3 Å². The third-order valence-corrected chi connectivity index (χ3v) is 2.14. The Morgan fingerprint density at radius 1 is 1.44 bits per heavy atom. The van der Waals surface area contributed by atoms with Gasteiger partial charge in [0.05, 0.1) is 24.9 Å². The van der Waals surface area contributed by atoms with Crippen LogP contribution in [0.15, 0.2) is 12.1 Å². The van der Waals surface area contributed by atoms with Gasteiger partial charge in [0.15, 0.2) is 0 Å². The van der Waals surface area contributed by atoms with Crippen LogP contribution >= 0.6 is 0 Å². The summed E-state index contributed by atoms with van der Waals surface area (Å²) in [6.45, 7) is 2.24. The first-order valence-corrected chi connectivity index (χ1v) is 5.26. The molecule has 0 unspecified atom stereocenters. The van der Waals surface area contributed by atoms with Crippen molar-refractivity contribution in [2.75, 3.05) is 25.6 Å². The average Bonchev–Trinajstić information content (AvgIpc) is 2.33. The van der Waals surface area contributed by atoms with Crippen LogP contribution in [0.25, 0.3) is 0 Å². The number of carbonyl (C=O) groups excluding carboxylic acids is 2. The highest BCUT2D eigenvalue weighted by molar-refractivity contribution is 5.90. The summed E-state index contributed by atoms with van der Waals surface area (Å²) in [6, 6.07) is 3.26. The van der Waals surface area contributed by atoms with Crippen LogP contribution in [0.3, 0.4) is 0 Å². The van der Waals surface area contributed by atoms with Crippen LogP contribution < -0.4 is 11.1 Å². The minimum absolute atomic E-state index is 0.148. The van der Waals surface area contributed by atoms with Gasteiger partial charge in [-0.3, -0.25) is 0 Å². The van der Waals surface area contributed by atoms with Gasteiger partial charge in [-0.25, -0.2) is 14.6 Å². The molecule has 0 saturated heterocycles. The summed E-state index contributed by atoms with van der Waals surface area (Å²) in [4.78, 5) is 25.8.